The fourth-order valence-electron chi connectivity index (χ4n) is 3.86. The molecular weight excluding hydrogens is 554 g/mol. The maximum absolute atomic E-state index is 16.1. The first-order valence-electron chi connectivity index (χ1n) is 14.4. The molecule has 1 aromatic heterocycles. The van der Waals surface area contributed by atoms with E-state index in [2.05, 4.69) is 24.1 Å². The van der Waals surface area contributed by atoms with Gasteiger partial charge in [0.15, 0.2) is 30.1 Å². The van der Waals surface area contributed by atoms with Crippen LogP contribution in [0.4, 0.5) is 14.6 Å². The number of amides is 1. The summed E-state index contributed by atoms with van der Waals surface area (Å²) in [5.41, 5.74) is -2.72. The van der Waals surface area contributed by atoms with Crippen LogP contribution in [0.2, 0.25) is 0 Å². The first kappa shape index (κ1) is 39.1. The fourth-order valence-corrected chi connectivity index (χ4v) is 3.86. The normalized spacial score (nSPS) is 21.4. The van der Waals surface area contributed by atoms with Crippen molar-refractivity contribution in [1.82, 2.24) is 15.7 Å². The molecule has 2 heterocycles. The van der Waals surface area contributed by atoms with Gasteiger partial charge in [0.05, 0.1) is 18.0 Å². The molecule has 0 saturated carbocycles. The van der Waals surface area contributed by atoms with Crippen LogP contribution in [-0.4, -0.2) is 51.9 Å². The summed E-state index contributed by atoms with van der Waals surface area (Å²) in [6, 6.07) is 0. The molecule has 1 aromatic rings. The van der Waals surface area contributed by atoms with Crippen molar-refractivity contribution in [2.75, 3.05) is 11.9 Å². The molecule has 0 bridgehead atoms. The largest absolute Gasteiger partial charge is 0.462 e. The number of esters is 2. The van der Waals surface area contributed by atoms with Crippen LogP contribution in [0.1, 0.15) is 102 Å². The van der Waals surface area contributed by atoms with Crippen LogP contribution >= 0.6 is 0 Å². The Morgan fingerprint density at radius 3 is 2.14 bits per heavy atom. The van der Waals surface area contributed by atoms with Gasteiger partial charge in [-0.25, -0.2) is 13.6 Å². The summed E-state index contributed by atoms with van der Waals surface area (Å²) in [6.45, 7) is 15.4. The Morgan fingerprint density at radius 1 is 1.07 bits per heavy atom. The van der Waals surface area contributed by atoms with Gasteiger partial charge in [-0.3, -0.25) is 19.0 Å². The Labute approximate surface area is 249 Å². The van der Waals surface area contributed by atoms with Crippen molar-refractivity contribution < 1.29 is 38.8 Å². The summed E-state index contributed by atoms with van der Waals surface area (Å²) < 4.78 is 48.5. The second-order valence-electron chi connectivity index (χ2n) is 11.2. The van der Waals surface area contributed by atoms with Crippen LogP contribution < -0.4 is 17.2 Å². The third-order valence-electron chi connectivity index (χ3n) is 6.23. The molecule has 13 heteroatoms. The van der Waals surface area contributed by atoms with Crippen LogP contribution in [0.3, 0.4) is 0 Å². The number of ether oxygens (including phenoxy) is 3. The van der Waals surface area contributed by atoms with Crippen molar-refractivity contribution >= 4 is 23.7 Å². The topological polar surface area (TPSA) is 161 Å². The van der Waals surface area contributed by atoms with Crippen molar-refractivity contribution in [1.29, 1.82) is 0 Å². The zero-order valence-electron chi connectivity index (χ0n) is 26.5. The minimum atomic E-state index is -2.12. The van der Waals surface area contributed by atoms with Gasteiger partial charge in [-0.05, 0) is 6.42 Å². The summed E-state index contributed by atoms with van der Waals surface area (Å²) in [5, 5.41) is 2.22. The lowest BCUT2D eigenvalue weighted by atomic mass is 9.90. The van der Waals surface area contributed by atoms with E-state index in [4.69, 9.17) is 14.2 Å². The average Bonchev–Trinajstić information content (AvgIpc) is 3.16. The number of carbonyl (C=O) groups excluding carboxylic acids is 3. The second kappa shape index (κ2) is 17.9. The predicted molar refractivity (Wildman–Crippen MR) is 157 cm³/mol. The predicted octanol–water partition coefficient (Wildman–Crippen LogP) is 5.75. The molecule has 4 atom stereocenters. The standard InChI is InChI=1S/C26H39F2N3O7.C3H8.H3N.H2/c1-8-9-10-11-26(13-36-23(33)15(4)5)19(37-24(34)16(6)7)18(28)22(38-26)31-12-17(27)20(30-25(31)35)29-21(32)14(2)3;1-3-2;;/h12,14-16,18-19,22H,8-11,13H2,1-7H3,(H,29,30,32,35);3H2,1-2H3;1H3;1H/t18-,19-,22+,26+;;;/m0.../s1. The second-order valence-corrected chi connectivity index (χ2v) is 11.2. The Morgan fingerprint density at radius 2 is 1.64 bits per heavy atom. The number of rotatable bonds is 12. The number of alkyl halides is 1. The van der Waals surface area contributed by atoms with Crippen LogP contribution in [0.15, 0.2) is 11.0 Å². The van der Waals surface area contributed by atoms with E-state index < -0.39 is 83.6 Å². The lowest BCUT2D eigenvalue weighted by Crippen LogP contribution is -2.49. The van der Waals surface area contributed by atoms with Gasteiger partial charge in [-0.2, -0.15) is 4.98 Å². The monoisotopic (exact) mass is 606 g/mol. The average molecular weight is 607 g/mol. The van der Waals surface area contributed by atoms with E-state index in [1.165, 1.54) is 6.42 Å². The first-order chi connectivity index (χ1) is 19.1. The third-order valence-corrected chi connectivity index (χ3v) is 6.23. The zero-order chi connectivity index (χ0) is 31.5. The number of anilines is 1. The van der Waals surface area contributed by atoms with Crippen molar-refractivity contribution in [2.24, 2.45) is 17.8 Å². The van der Waals surface area contributed by atoms with E-state index >= 15 is 4.39 Å². The van der Waals surface area contributed by atoms with Gasteiger partial charge in [0, 0.05) is 7.34 Å². The van der Waals surface area contributed by atoms with Crippen LogP contribution in [0, 0.1) is 23.6 Å². The maximum atomic E-state index is 16.1. The number of nitrogens with one attached hydrogen (secondary N) is 1. The van der Waals surface area contributed by atoms with Gasteiger partial charge in [0.2, 0.25) is 5.91 Å². The molecule has 4 N–H and O–H groups in total. The number of carbonyl (C=O) groups is 3. The third kappa shape index (κ3) is 10.4. The van der Waals surface area contributed by atoms with Gasteiger partial charge < -0.3 is 25.7 Å². The number of unbranched alkanes of at least 4 members (excludes halogenated alkanes) is 2. The van der Waals surface area contributed by atoms with E-state index in [0.717, 1.165) is 12.8 Å². The zero-order valence-corrected chi connectivity index (χ0v) is 26.5. The Bertz CT molecular complexity index is 1090. The minimum absolute atomic E-state index is 0. The number of aromatic nitrogens is 2. The van der Waals surface area contributed by atoms with Crippen molar-refractivity contribution in [2.45, 2.75) is 119 Å². The van der Waals surface area contributed by atoms with E-state index in [1.807, 2.05) is 6.92 Å². The van der Waals surface area contributed by atoms with Crippen LogP contribution in [0.25, 0.3) is 0 Å². The summed E-state index contributed by atoms with van der Waals surface area (Å²) in [4.78, 5) is 53.2. The smallest absolute Gasteiger partial charge is 0.351 e. The van der Waals surface area contributed by atoms with E-state index in [9.17, 15) is 23.6 Å². The molecule has 1 aliphatic heterocycles. The Balaban J connectivity index is 0. The molecule has 11 nitrogen and oxygen atoms in total. The van der Waals surface area contributed by atoms with Gasteiger partial charge in [-0.1, -0.05) is 88.0 Å². The highest BCUT2D eigenvalue weighted by atomic mass is 19.1. The van der Waals surface area contributed by atoms with Gasteiger partial charge in [-0.15, -0.1) is 0 Å². The Hall–Kier alpha value is -2.93. The molecule has 0 spiro atoms. The molecule has 42 heavy (non-hydrogen) atoms. The minimum Gasteiger partial charge on any atom is -0.462 e. The van der Waals surface area contributed by atoms with Crippen LogP contribution in [-0.2, 0) is 28.6 Å². The SMILES string of the molecule is CCC.CCCCC[C@]1(COC(=O)C(C)C)O[C@@H](n2cc(F)c(NC(=O)C(C)C)nc2=O)[C@@H](F)[C@@H]1OC(=O)C(C)C.N.[HH]. The summed E-state index contributed by atoms with van der Waals surface area (Å²) in [5.74, 6) is -5.09. The molecule has 0 aliphatic carbocycles. The van der Waals surface area contributed by atoms with Gasteiger partial charge >= 0.3 is 17.6 Å². The molecule has 1 saturated heterocycles. The van der Waals surface area contributed by atoms with Gasteiger partial charge in [0.1, 0.15) is 12.2 Å². The molecule has 1 fully saturated rings. The molecule has 244 valence electrons. The highest BCUT2D eigenvalue weighted by Crippen LogP contribution is 2.44. The van der Waals surface area contributed by atoms with E-state index in [0.29, 0.717) is 17.2 Å². The van der Waals surface area contributed by atoms with E-state index in [-0.39, 0.29) is 14.0 Å². The quantitative estimate of drug-likeness (QED) is 0.223. The Kier molecular flexibility index (Phi) is 16.6. The number of halogens is 2. The van der Waals surface area contributed by atoms with Crippen molar-refractivity contribution in [3.05, 3.63) is 22.5 Å². The summed E-state index contributed by atoms with van der Waals surface area (Å²) in [6.07, 6.45) is -1.25. The number of hydrogen-bond donors (Lipinski definition) is 2. The highest BCUT2D eigenvalue weighted by Gasteiger charge is 2.59. The summed E-state index contributed by atoms with van der Waals surface area (Å²) in [7, 11) is 0. The molecule has 2 rings (SSSR count). The first-order valence-corrected chi connectivity index (χ1v) is 14.4. The lowest BCUT2D eigenvalue weighted by Gasteiger charge is -2.34. The van der Waals surface area contributed by atoms with E-state index in [1.54, 1.807) is 41.5 Å². The molecular formula is C29H52F2N4O7. The maximum Gasteiger partial charge on any atom is 0.351 e. The molecule has 0 unspecified atom stereocenters. The van der Waals surface area contributed by atoms with Crippen molar-refractivity contribution in [3.8, 4) is 0 Å². The molecule has 1 amide bonds. The summed E-state index contributed by atoms with van der Waals surface area (Å²) >= 11 is 0. The number of hydrogen-bond acceptors (Lipinski definition) is 9. The fraction of sp³-hybridized carbons (Fsp3) is 0.759. The van der Waals surface area contributed by atoms with Gasteiger partial charge in [0.25, 0.3) is 0 Å². The highest BCUT2D eigenvalue weighted by molar-refractivity contribution is 5.91. The van der Waals surface area contributed by atoms with Crippen molar-refractivity contribution in [3.63, 3.8) is 0 Å². The lowest BCUT2D eigenvalue weighted by molar-refractivity contribution is -0.183. The van der Waals surface area contributed by atoms with Crippen LogP contribution in [0.5, 0.6) is 0 Å². The molecule has 1 aliphatic rings. The number of nitrogens with zero attached hydrogens (tertiary/aromatic N) is 2. The molecule has 0 aromatic carbocycles. The molecule has 0 radical (unpaired) electrons.